The fraction of sp³-hybridized carbons (Fsp3) is 0.960. The third kappa shape index (κ3) is 14.4. The van der Waals surface area contributed by atoms with Gasteiger partial charge in [-0.05, 0) is 19.4 Å². The fourth-order valence-corrected chi connectivity index (χ4v) is 4.15. The van der Waals surface area contributed by atoms with Crippen molar-refractivity contribution in [3.63, 3.8) is 0 Å². The quantitative estimate of drug-likeness (QED) is 0.213. The molecule has 0 spiro atoms. The topological polar surface area (TPSA) is 27.6 Å². The first kappa shape index (κ1) is 25.5. The van der Waals surface area contributed by atoms with Crippen LogP contribution in [0.5, 0.6) is 0 Å². The second-order valence-corrected chi connectivity index (χ2v) is 8.73. The second-order valence-electron chi connectivity index (χ2n) is 8.73. The molecule has 0 radical (unpaired) electrons. The zero-order valence-corrected chi connectivity index (χ0v) is 19.5. The van der Waals surface area contributed by atoms with E-state index in [-0.39, 0.29) is 0 Å². The summed E-state index contributed by atoms with van der Waals surface area (Å²) in [5.41, 5.74) is 0. The van der Waals surface area contributed by atoms with E-state index in [1.165, 1.54) is 122 Å². The highest BCUT2D eigenvalue weighted by Gasteiger charge is 2.15. The van der Waals surface area contributed by atoms with E-state index < -0.39 is 0 Å². The molecule has 0 aromatic heterocycles. The first-order valence-corrected chi connectivity index (χ1v) is 12.9. The van der Waals surface area contributed by atoms with E-state index in [0.717, 1.165) is 26.2 Å². The van der Waals surface area contributed by atoms with Gasteiger partial charge in [-0.2, -0.15) is 0 Å². The Bertz CT molecular complexity index is 354. The van der Waals surface area contributed by atoms with E-state index in [2.05, 4.69) is 24.1 Å². The van der Waals surface area contributed by atoms with Crippen LogP contribution in [0.15, 0.2) is 4.99 Å². The molecule has 3 heteroatoms. The summed E-state index contributed by atoms with van der Waals surface area (Å²) in [6, 6.07) is 0. The molecule has 0 amide bonds. The molecule has 1 aliphatic rings. The monoisotopic (exact) mass is 393 g/mol. The molecule has 28 heavy (non-hydrogen) atoms. The van der Waals surface area contributed by atoms with Gasteiger partial charge in [-0.25, -0.2) is 0 Å². The number of rotatable bonds is 21. The van der Waals surface area contributed by atoms with Crippen LogP contribution in [0.4, 0.5) is 0 Å². The predicted octanol–water partition coefficient (Wildman–Crippen LogP) is 6.96. The SMILES string of the molecule is CCCCCCCCCCNCCN1CCN=C1CCCCCCCCCC. The molecule has 0 saturated carbocycles. The van der Waals surface area contributed by atoms with Gasteiger partial charge in [0.25, 0.3) is 0 Å². The molecular formula is C25H51N3. The normalized spacial score (nSPS) is 14.1. The molecular weight excluding hydrogens is 342 g/mol. The maximum absolute atomic E-state index is 4.76. The van der Waals surface area contributed by atoms with Gasteiger partial charge in [0.05, 0.1) is 12.4 Å². The molecule has 1 aliphatic heterocycles. The van der Waals surface area contributed by atoms with Crippen LogP contribution in [-0.2, 0) is 0 Å². The van der Waals surface area contributed by atoms with Crippen molar-refractivity contribution in [2.75, 3.05) is 32.7 Å². The molecule has 1 heterocycles. The average molecular weight is 394 g/mol. The first-order valence-electron chi connectivity index (χ1n) is 12.9. The summed E-state index contributed by atoms with van der Waals surface area (Å²) in [7, 11) is 0. The van der Waals surface area contributed by atoms with Crippen molar-refractivity contribution in [2.24, 2.45) is 4.99 Å². The highest BCUT2D eigenvalue weighted by molar-refractivity contribution is 5.83. The summed E-state index contributed by atoms with van der Waals surface area (Å²) in [6.45, 7) is 10.2. The summed E-state index contributed by atoms with van der Waals surface area (Å²) < 4.78 is 0. The first-order chi connectivity index (χ1) is 13.9. The van der Waals surface area contributed by atoms with Crippen molar-refractivity contribution in [3.8, 4) is 0 Å². The van der Waals surface area contributed by atoms with Gasteiger partial charge in [0.15, 0.2) is 0 Å². The summed E-state index contributed by atoms with van der Waals surface area (Å²) in [6.07, 6.45) is 23.6. The molecule has 1 rings (SSSR count). The van der Waals surface area contributed by atoms with Crippen molar-refractivity contribution in [3.05, 3.63) is 0 Å². The molecule has 0 unspecified atom stereocenters. The minimum atomic E-state index is 1.02. The molecule has 0 aromatic carbocycles. The predicted molar refractivity (Wildman–Crippen MR) is 127 cm³/mol. The van der Waals surface area contributed by atoms with Crippen LogP contribution in [-0.4, -0.2) is 43.5 Å². The Hall–Kier alpha value is -0.570. The summed E-state index contributed by atoms with van der Waals surface area (Å²) in [5.74, 6) is 1.39. The van der Waals surface area contributed by atoms with Crippen LogP contribution < -0.4 is 5.32 Å². The zero-order valence-electron chi connectivity index (χ0n) is 19.5. The van der Waals surface area contributed by atoms with Gasteiger partial charge >= 0.3 is 0 Å². The van der Waals surface area contributed by atoms with Crippen LogP contribution in [0.1, 0.15) is 123 Å². The Kier molecular flexibility index (Phi) is 17.9. The van der Waals surface area contributed by atoms with Crippen molar-refractivity contribution >= 4 is 5.84 Å². The number of hydrogen-bond acceptors (Lipinski definition) is 3. The smallest absolute Gasteiger partial charge is 0.0990 e. The van der Waals surface area contributed by atoms with Crippen LogP contribution >= 0.6 is 0 Å². The van der Waals surface area contributed by atoms with E-state index >= 15 is 0 Å². The van der Waals surface area contributed by atoms with E-state index in [0.29, 0.717) is 0 Å². The van der Waals surface area contributed by atoms with Gasteiger partial charge in [-0.1, -0.05) is 104 Å². The standard InChI is InChI=1S/C25H51N3/c1-3-5-7-9-11-13-15-17-19-25-27-22-24-28(25)23-21-26-20-18-16-14-12-10-8-6-4-2/h26H,3-24H2,1-2H3. The lowest BCUT2D eigenvalue weighted by molar-refractivity contribution is 0.430. The number of hydrogen-bond donors (Lipinski definition) is 1. The van der Waals surface area contributed by atoms with Gasteiger partial charge in [-0.3, -0.25) is 4.99 Å². The van der Waals surface area contributed by atoms with E-state index in [1.807, 2.05) is 0 Å². The van der Waals surface area contributed by atoms with E-state index in [4.69, 9.17) is 4.99 Å². The lowest BCUT2D eigenvalue weighted by Crippen LogP contribution is -2.35. The fourth-order valence-electron chi connectivity index (χ4n) is 4.15. The number of unbranched alkanes of at least 4 members (excludes halogenated alkanes) is 14. The lowest BCUT2D eigenvalue weighted by atomic mass is 10.1. The molecule has 1 N–H and O–H groups in total. The Morgan fingerprint density at radius 3 is 1.82 bits per heavy atom. The maximum Gasteiger partial charge on any atom is 0.0990 e. The minimum Gasteiger partial charge on any atom is -0.357 e. The van der Waals surface area contributed by atoms with Crippen LogP contribution in [0.3, 0.4) is 0 Å². The number of nitrogens with zero attached hydrogens (tertiary/aromatic N) is 2. The van der Waals surface area contributed by atoms with Gasteiger partial charge in [0.2, 0.25) is 0 Å². The number of aliphatic imine (C=N–C) groups is 1. The molecule has 0 bridgehead atoms. The Morgan fingerprint density at radius 1 is 0.679 bits per heavy atom. The van der Waals surface area contributed by atoms with Crippen molar-refractivity contribution in [2.45, 2.75) is 123 Å². The van der Waals surface area contributed by atoms with E-state index in [1.54, 1.807) is 0 Å². The number of amidine groups is 1. The summed E-state index contributed by atoms with van der Waals surface area (Å²) in [4.78, 5) is 7.29. The second kappa shape index (κ2) is 19.7. The van der Waals surface area contributed by atoms with Gasteiger partial charge in [-0.15, -0.1) is 0 Å². The molecule has 0 atom stereocenters. The average Bonchev–Trinajstić information content (AvgIpc) is 3.15. The molecule has 0 saturated heterocycles. The Labute approximate surface area is 177 Å². The molecule has 0 aliphatic carbocycles. The maximum atomic E-state index is 4.76. The molecule has 3 nitrogen and oxygen atoms in total. The minimum absolute atomic E-state index is 1.02. The lowest BCUT2D eigenvalue weighted by Gasteiger charge is -2.20. The summed E-state index contributed by atoms with van der Waals surface area (Å²) >= 11 is 0. The van der Waals surface area contributed by atoms with Crippen LogP contribution in [0.25, 0.3) is 0 Å². The Morgan fingerprint density at radius 2 is 1.21 bits per heavy atom. The highest BCUT2D eigenvalue weighted by Crippen LogP contribution is 2.13. The van der Waals surface area contributed by atoms with Crippen molar-refractivity contribution in [1.82, 2.24) is 10.2 Å². The summed E-state index contributed by atoms with van der Waals surface area (Å²) in [5, 5.41) is 3.65. The third-order valence-corrected chi connectivity index (χ3v) is 6.05. The van der Waals surface area contributed by atoms with Gasteiger partial charge in [0, 0.05) is 26.1 Å². The van der Waals surface area contributed by atoms with Crippen molar-refractivity contribution < 1.29 is 0 Å². The largest absolute Gasteiger partial charge is 0.357 e. The van der Waals surface area contributed by atoms with Crippen LogP contribution in [0, 0.1) is 0 Å². The molecule has 0 aromatic rings. The molecule has 0 fully saturated rings. The molecule has 166 valence electrons. The van der Waals surface area contributed by atoms with Crippen molar-refractivity contribution in [1.29, 1.82) is 0 Å². The number of nitrogens with one attached hydrogen (secondary N) is 1. The van der Waals surface area contributed by atoms with Gasteiger partial charge in [0.1, 0.15) is 0 Å². The zero-order chi connectivity index (χ0) is 20.1. The van der Waals surface area contributed by atoms with Gasteiger partial charge < -0.3 is 10.2 Å². The third-order valence-electron chi connectivity index (χ3n) is 6.05. The van der Waals surface area contributed by atoms with E-state index in [9.17, 15) is 0 Å². The van der Waals surface area contributed by atoms with Crippen LogP contribution in [0.2, 0.25) is 0 Å². The Balaban J connectivity index is 1.89. The highest BCUT2D eigenvalue weighted by atomic mass is 15.2.